The third-order valence-corrected chi connectivity index (χ3v) is 2.13. The molecule has 0 fully saturated rings. The highest BCUT2D eigenvalue weighted by molar-refractivity contribution is 6.28. The lowest BCUT2D eigenvalue weighted by molar-refractivity contribution is 0.171. The van der Waals surface area contributed by atoms with Crippen LogP contribution in [0.25, 0.3) is 11.2 Å². The van der Waals surface area contributed by atoms with Crippen molar-refractivity contribution < 1.29 is 9.47 Å². The van der Waals surface area contributed by atoms with Gasteiger partial charge in [0.05, 0.1) is 12.9 Å². The van der Waals surface area contributed by atoms with E-state index in [0.717, 1.165) is 6.42 Å². The van der Waals surface area contributed by atoms with E-state index < -0.39 is 0 Å². The van der Waals surface area contributed by atoms with Crippen LogP contribution in [0, 0.1) is 0 Å². The summed E-state index contributed by atoms with van der Waals surface area (Å²) in [4.78, 5) is 14.8. The molecule has 16 heavy (non-hydrogen) atoms. The van der Waals surface area contributed by atoms with Gasteiger partial charge in [-0.3, -0.25) is 0 Å². The maximum absolute atomic E-state index is 5.74. The second-order valence-corrected chi connectivity index (χ2v) is 3.43. The van der Waals surface area contributed by atoms with E-state index in [2.05, 4.69) is 19.9 Å². The number of methoxy groups -OCH3 is 1. The highest BCUT2D eigenvalue weighted by atomic mass is 35.5. The van der Waals surface area contributed by atoms with E-state index in [1.54, 1.807) is 7.11 Å². The van der Waals surface area contributed by atoms with Gasteiger partial charge in [-0.05, 0) is 11.6 Å². The number of halogens is 1. The maximum Gasteiger partial charge on any atom is 0.244 e. The number of fused-ring (bicyclic) bond motifs is 1. The number of H-pyrrole nitrogens is 1. The number of rotatable bonds is 5. The van der Waals surface area contributed by atoms with Crippen molar-refractivity contribution >= 4 is 22.8 Å². The summed E-state index contributed by atoms with van der Waals surface area (Å²) < 4.78 is 10.4. The summed E-state index contributed by atoms with van der Waals surface area (Å²) in [5.41, 5.74) is 1.16. The molecule has 0 atom stereocenters. The van der Waals surface area contributed by atoms with E-state index in [1.165, 1.54) is 6.33 Å². The molecule has 0 aliphatic rings. The van der Waals surface area contributed by atoms with E-state index in [0.29, 0.717) is 30.3 Å². The van der Waals surface area contributed by atoms with Gasteiger partial charge >= 0.3 is 0 Å². The predicted octanol–water partition coefficient (Wildman–Crippen LogP) is 1.42. The topological polar surface area (TPSA) is 72.9 Å². The van der Waals surface area contributed by atoms with Crippen LogP contribution in [-0.2, 0) is 4.74 Å². The molecule has 0 aliphatic heterocycles. The van der Waals surface area contributed by atoms with Crippen molar-refractivity contribution in [2.24, 2.45) is 0 Å². The highest BCUT2D eigenvalue weighted by Crippen LogP contribution is 2.20. The van der Waals surface area contributed by atoms with Crippen molar-refractivity contribution in [3.05, 3.63) is 11.6 Å². The molecule has 0 radical (unpaired) electrons. The molecule has 0 bridgehead atoms. The molecular formula is C9H11ClN4O2. The molecule has 0 saturated carbocycles. The summed E-state index contributed by atoms with van der Waals surface area (Å²) in [6, 6.07) is 0. The van der Waals surface area contributed by atoms with Gasteiger partial charge in [0.2, 0.25) is 11.2 Å². The Labute approximate surface area is 97.0 Å². The van der Waals surface area contributed by atoms with Gasteiger partial charge in [-0.15, -0.1) is 0 Å². The smallest absolute Gasteiger partial charge is 0.244 e. The number of aromatic amines is 1. The van der Waals surface area contributed by atoms with Crippen molar-refractivity contribution in [2.45, 2.75) is 6.42 Å². The minimum Gasteiger partial charge on any atom is -0.476 e. The molecule has 0 aliphatic carbocycles. The normalized spacial score (nSPS) is 10.9. The van der Waals surface area contributed by atoms with Crippen LogP contribution < -0.4 is 4.74 Å². The van der Waals surface area contributed by atoms with Crippen LogP contribution in [0.3, 0.4) is 0 Å². The van der Waals surface area contributed by atoms with Crippen molar-refractivity contribution in [3.8, 4) is 5.88 Å². The van der Waals surface area contributed by atoms with E-state index >= 15 is 0 Å². The molecule has 0 aromatic carbocycles. The van der Waals surface area contributed by atoms with Crippen LogP contribution in [0.1, 0.15) is 6.42 Å². The largest absolute Gasteiger partial charge is 0.476 e. The average Bonchev–Trinajstić information content (AvgIpc) is 2.72. The van der Waals surface area contributed by atoms with E-state index in [1.807, 2.05) is 0 Å². The first kappa shape index (κ1) is 11.1. The Morgan fingerprint density at radius 3 is 3.06 bits per heavy atom. The minimum atomic E-state index is 0.126. The average molecular weight is 243 g/mol. The van der Waals surface area contributed by atoms with Gasteiger partial charge in [-0.25, -0.2) is 4.98 Å². The van der Waals surface area contributed by atoms with Crippen molar-refractivity contribution in [1.29, 1.82) is 0 Å². The first-order valence-electron chi connectivity index (χ1n) is 4.79. The summed E-state index contributed by atoms with van der Waals surface area (Å²) in [6.45, 7) is 1.15. The number of ether oxygens (including phenoxy) is 2. The molecule has 0 amide bonds. The standard InChI is InChI=1S/C9H11ClN4O2/c1-15-3-2-4-16-8-6-7(12-5-11-6)13-9(10)14-8/h5H,2-4H2,1H3,(H,11,12,13,14). The lowest BCUT2D eigenvalue weighted by Crippen LogP contribution is -2.03. The third-order valence-electron chi connectivity index (χ3n) is 1.96. The second kappa shape index (κ2) is 5.09. The van der Waals surface area contributed by atoms with E-state index in [9.17, 15) is 0 Å². The predicted molar refractivity (Wildman–Crippen MR) is 58.7 cm³/mol. The number of hydrogen-bond donors (Lipinski definition) is 1. The lowest BCUT2D eigenvalue weighted by atomic mass is 10.5. The van der Waals surface area contributed by atoms with Crippen LogP contribution in [0.2, 0.25) is 5.28 Å². The number of hydrogen-bond acceptors (Lipinski definition) is 5. The van der Waals surface area contributed by atoms with Crippen LogP contribution in [0.15, 0.2) is 6.33 Å². The molecule has 6 nitrogen and oxygen atoms in total. The Morgan fingerprint density at radius 1 is 1.38 bits per heavy atom. The fourth-order valence-corrected chi connectivity index (χ4v) is 1.41. The Bertz CT molecular complexity index is 473. The van der Waals surface area contributed by atoms with Crippen molar-refractivity contribution in [2.75, 3.05) is 20.3 Å². The van der Waals surface area contributed by atoms with Crippen LogP contribution in [0.5, 0.6) is 5.88 Å². The maximum atomic E-state index is 5.74. The highest BCUT2D eigenvalue weighted by Gasteiger charge is 2.09. The molecule has 2 aromatic heterocycles. The Hall–Kier alpha value is -1.40. The molecular weight excluding hydrogens is 232 g/mol. The van der Waals surface area contributed by atoms with E-state index in [4.69, 9.17) is 21.1 Å². The number of imidazole rings is 1. The molecule has 2 rings (SSSR count). The van der Waals surface area contributed by atoms with E-state index in [-0.39, 0.29) is 5.28 Å². The molecule has 0 spiro atoms. The zero-order valence-corrected chi connectivity index (χ0v) is 9.49. The van der Waals surface area contributed by atoms with Gasteiger partial charge < -0.3 is 14.5 Å². The zero-order chi connectivity index (χ0) is 11.4. The zero-order valence-electron chi connectivity index (χ0n) is 8.73. The number of nitrogens with zero attached hydrogens (tertiary/aromatic N) is 3. The van der Waals surface area contributed by atoms with Crippen LogP contribution >= 0.6 is 11.6 Å². The fourth-order valence-electron chi connectivity index (χ4n) is 1.26. The quantitative estimate of drug-likeness (QED) is 0.634. The summed E-state index contributed by atoms with van der Waals surface area (Å²) in [6.07, 6.45) is 2.31. The second-order valence-electron chi connectivity index (χ2n) is 3.09. The molecule has 2 heterocycles. The molecule has 2 aromatic rings. The minimum absolute atomic E-state index is 0.126. The Morgan fingerprint density at radius 2 is 2.25 bits per heavy atom. The summed E-state index contributed by atoms with van der Waals surface area (Å²) in [5, 5.41) is 0.126. The van der Waals surface area contributed by atoms with Crippen LogP contribution in [0.4, 0.5) is 0 Å². The first-order chi connectivity index (χ1) is 7.81. The van der Waals surface area contributed by atoms with Gasteiger partial charge in [0.25, 0.3) is 0 Å². The van der Waals surface area contributed by atoms with Crippen molar-refractivity contribution in [1.82, 2.24) is 19.9 Å². The summed E-state index contributed by atoms with van der Waals surface area (Å²) in [5.74, 6) is 0.420. The monoisotopic (exact) mass is 242 g/mol. The Kier molecular flexibility index (Phi) is 3.53. The number of nitrogens with one attached hydrogen (secondary N) is 1. The fraction of sp³-hybridized carbons (Fsp3) is 0.444. The molecule has 1 N–H and O–H groups in total. The molecule has 7 heteroatoms. The van der Waals surface area contributed by atoms with Crippen molar-refractivity contribution in [3.63, 3.8) is 0 Å². The lowest BCUT2D eigenvalue weighted by Gasteiger charge is -2.05. The SMILES string of the molecule is COCCCOc1nc(Cl)nc2nc[nH]c12. The van der Waals surface area contributed by atoms with Gasteiger partial charge in [-0.2, -0.15) is 9.97 Å². The van der Waals surface area contributed by atoms with Crippen LogP contribution in [-0.4, -0.2) is 40.3 Å². The first-order valence-corrected chi connectivity index (χ1v) is 5.17. The molecule has 0 saturated heterocycles. The molecule has 0 unspecified atom stereocenters. The van der Waals surface area contributed by atoms with Gasteiger partial charge in [0, 0.05) is 20.1 Å². The Balaban J connectivity index is 2.12. The van der Waals surface area contributed by atoms with Gasteiger partial charge in [0.1, 0.15) is 5.52 Å². The molecule has 86 valence electrons. The number of aromatic nitrogens is 4. The third kappa shape index (κ3) is 2.40. The summed E-state index contributed by atoms with van der Waals surface area (Å²) in [7, 11) is 1.65. The van der Waals surface area contributed by atoms with Gasteiger partial charge in [0.15, 0.2) is 5.65 Å². The summed E-state index contributed by atoms with van der Waals surface area (Å²) >= 11 is 5.74. The van der Waals surface area contributed by atoms with Gasteiger partial charge in [-0.1, -0.05) is 0 Å².